The first-order valence-electron chi connectivity index (χ1n) is 8.35. The van der Waals surface area contributed by atoms with Crippen molar-refractivity contribution >= 4 is 11.9 Å². The topological polar surface area (TPSA) is 93.1 Å². The van der Waals surface area contributed by atoms with E-state index in [1.807, 2.05) is 13.8 Å². The van der Waals surface area contributed by atoms with Crippen LogP contribution in [0.3, 0.4) is 0 Å². The van der Waals surface area contributed by atoms with Crippen LogP contribution < -0.4 is 9.47 Å². The van der Waals surface area contributed by atoms with E-state index in [1.165, 1.54) is 24.3 Å². The van der Waals surface area contributed by atoms with E-state index in [2.05, 4.69) is 0 Å². The Morgan fingerprint density at radius 3 is 1.31 bits per heavy atom. The summed E-state index contributed by atoms with van der Waals surface area (Å²) in [7, 11) is 0. The average molecular weight is 358 g/mol. The third-order valence-corrected chi connectivity index (χ3v) is 3.86. The van der Waals surface area contributed by atoms with Crippen LogP contribution in [0, 0.1) is 0 Å². The molecule has 0 aliphatic carbocycles. The molecule has 138 valence electrons. The fraction of sp³-hybridized carbons (Fsp3) is 0.300. The highest BCUT2D eigenvalue weighted by Crippen LogP contribution is 2.19. The highest BCUT2D eigenvalue weighted by molar-refractivity contribution is 5.88. The summed E-state index contributed by atoms with van der Waals surface area (Å²) in [5, 5.41) is 17.8. The first-order chi connectivity index (χ1) is 12.3. The summed E-state index contributed by atoms with van der Waals surface area (Å²) in [6, 6.07) is 12.6. The first-order valence-corrected chi connectivity index (χ1v) is 8.35. The van der Waals surface area contributed by atoms with Crippen molar-refractivity contribution in [1.29, 1.82) is 0 Å². The molecule has 0 spiro atoms. The highest BCUT2D eigenvalue weighted by Gasteiger charge is 2.11. The van der Waals surface area contributed by atoms with Crippen LogP contribution >= 0.6 is 0 Å². The van der Waals surface area contributed by atoms with E-state index in [-0.39, 0.29) is 23.3 Å². The minimum Gasteiger partial charge on any atom is -0.491 e. The van der Waals surface area contributed by atoms with Gasteiger partial charge in [0.2, 0.25) is 0 Å². The fourth-order valence-electron chi connectivity index (χ4n) is 2.40. The molecule has 0 bridgehead atoms. The van der Waals surface area contributed by atoms with Gasteiger partial charge in [-0.2, -0.15) is 0 Å². The van der Waals surface area contributed by atoms with Crippen molar-refractivity contribution in [3.05, 3.63) is 59.7 Å². The number of aromatic carboxylic acids is 2. The standard InChI is InChI=1S/C20H22O6/c1-13(25-17-9-5-15(6-10-17)19(21)22)3-4-14(2)26-18-11-7-16(8-12-18)20(23)24/h5-14H,3-4H2,1-2H3,(H,21,22)(H,23,24). The molecule has 2 aromatic rings. The van der Waals surface area contributed by atoms with E-state index in [0.717, 1.165) is 12.8 Å². The van der Waals surface area contributed by atoms with Gasteiger partial charge in [-0.05, 0) is 75.2 Å². The lowest BCUT2D eigenvalue weighted by Crippen LogP contribution is -2.18. The SMILES string of the molecule is CC(CCC(C)Oc1ccc(C(=O)O)cc1)Oc1ccc(C(=O)O)cc1. The van der Waals surface area contributed by atoms with Crippen molar-refractivity contribution in [2.24, 2.45) is 0 Å². The van der Waals surface area contributed by atoms with Crippen LogP contribution in [0.2, 0.25) is 0 Å². The van der Waals surface area contributed by atoms with Crippen LogP contribution in [0.25, 0.3) is 0 Å². The van der Waals surface area contributed by atoms with Crippen molar-refractivity contribution in [1.82, 2.24) is 0 Å². The van der Waals surface area contributed by atoms with Crippen molar-refractivity contribution in [2.75, 3.05) is 0 Å². The lowest BCUT2D eigenvalue weighted by Gasteiger charge is -2.19. The van der Waals surface area contributed by atoms with Crippen LogP contribution in [-0.2, 0) is 0 Å². The minimum absolute atomic E-state index is 0.0499. The molecule has 0 aromatic heterocycles. The summed E-state index contributed by atoms with van der Waals surface area (Å²) in [5.74, 6) is -0.681. The molecule has 2 rings (SSSR count). The lowest BCUT2D eigenvalue weighted by molar-refractivity contribution is 0.0686. The zero-order valence-corrected chi connectivity index (χ0v) is 14.7. The monoisotopic (exact) mass is 358 g/mol. The summed E-state index contributed by atoms with van der Waals surface area (Å²) in [4.78, 5) is 21.7. The zero-order chi connectivity index (χ0) is 19.1. The molecular weight excluding hydrogens is 336 g/mol. The molecule has 0 heterocycles. The van der Waals surface area contributed by atoms with Crippen molar-refractivity contribution < 1.29 is 29.3 Å². The van der Waals surface area contributed by atoms with Gasteiger partial charge in [-0.1, -0.05) is 0 Å². The smallest absolute Gasteiger partial charge is 0.335 e. The van der Waals surface area contributed by atoms with Gasteiger partial charge in [-0.15, -0.1) is 0 Å². The average Bonchev–Trinajstić information content (AvgIpc) is 2.61. The van der Waals surface area contributed by atoms with E-state index in [4.69, 9.17) is 19.7 Å². The van der Waals surface area contributed by atoms with Gasteiger partial charge in [-0.25, -0.2) is 9.59 Å². The summed E-state index contributed by atoms with van der Waals surface area (Å²) in [6.07, 6.45) is 1.42. The lowest BCUT2D eigenvalue weighted by atomic mass is 10.1. The molecule has 0 aliphatic heterocycles. The van der Waals surface area contributed by atoms with Gasteiger partial charge in [0.1, 0.15) is 11.5 Å². The van der Waals surface area contributed by atoms with Gasteiger partial charge in [0, 0.05) is 0 Å². The Kier molecular flexibility index (Phi) is 6.60. The Balaban J connectivity index is 1.78. The molecule has 26 heavy (non-hydrogen) atoms. The molecule has 2 N–H and O–H groups in total. The fourth-order valence-corrected chi connectivity index (χ4v) is 2.40. The van der Waals surface area contributed by atoms with E-state index < -0.39 is 11.9 Å². The number of hydrogen-bond acceptors (Lipinski definition) is 4. The maximum absolute atomic E-state index is 10.8. The summed E-state index contributed by atoms with van der Waals surface area (Å²) >= 11 is 0. The molecule has 6 nitrogen and oxygen atoms in total. The second kappa shape index (κ2) is 8.89. The van der Waals surface area contributed by atoms with Crippen molar-refractivity contribution in [2.45, 2.75) is 38.9 Å². The number of rotatable bonds is 9. The Bertz CT molecular complexity index is 670. The quantitative estimate of drug-likeness (QED) is 0.701. The third kappa shape index (κ3) is 5.81. The summed E-state index contributed by atoms with van der Waals surface area (Å²) in [6.45, 7) is 3.89. The molecule has 2 aromatic carbocycles. The Morgan fingerprint density at radius 1 is 0.731 bits per heavy atom. The maximum Gasteiger partial charge on any atom is 0.335 e. The van der Waals surface area contributed by atoms with Gasteiger partial charge >= 0.3 is 11.9 Å². The normalized spacial score (nSPS) is 12.8. The molecule has 0 radical (unpaired) electrons. The van der Waals surface area contributed by atoms with E-state index in [0.29, 0.717) is 11.5 Å². The number of benzene rings is 2. The maximum atomic E-state index is 10.8. The van der Waals surface area contributed by atoms with Crippen LogP contribution in [0.4, 0.5) is 0 Å². The van der Waals surface area contributed by atoms with Crippen LogP contribution in [0.5, 0.6) is 11.5 Å². The van der Waals surface area contributed by atoms with Gasteiger partial charge < -0.3 is 19.7 Å². The molecule has 2 atom stereocenters. The summed E-state index contributed by atoms with van der Waals surface area (Å²) < 4.78 is 11.6. The number of hydrogen-bond donors (Lipinski definition) is 2. The number of carbonyl (C=O) groups is 2. The van der Waals surface area contributed by atoms with E-state index in [1.54, 1.807) is 24.3 Å². The van der Waals surface area contributed by atoms with E-state index in [9.17, 15) is 9.59 Å². The predicted octanol–water partition coefficient (Wildman–Crippen LogP) is 4.10. The molecule has 6 heteroatoms. The van der Waals surface area contributed by atoms with Gasteiger partial charge in [0.25, 0.3) is 0 Å². The number of carboxylic acids is 2. The zero-order valence-electron chi connectivity index (χ0n) is 14.7. The van der Waals surface area contributed by atoms with E-state index >= 15 is 0 Å². The molecule has 2 unspecified atom stereocenters. The Hall–Kier alpha value is -3.02. The Morgan fingerprint density at radius 2 is 1.04 bits per heavy atom. The van der Waals surface area contributed by atoms with Crippen LogP contribution in [0.15, 0.2) is 48.5 Å². The number of ether oxygens (including phenoxy) is 2. The molecule has 0 amide bonds. The summed E-state index contributed by atoms with van der Waals surface area (Å²) in [5.41, 5.74) is 0.446. The van der Waals surface area contributed by atoms with Crippen LogP contribution in [0.1, 0.15) is 47.4 Å². The van der Waals surface area contributed by atoms with Gasteiger partial charge in [0.15, 0.2) is 0 Å². The molecule has 0 saturated heterocycles. The number of carboxylic acid groups (broad SMARTS) is 2. The second-order valence-electron chi connectivity index (χ2n) is 6.09. The van der Waals surface area contributed by atoms with Gasteiger partial charge in [-0.3, -0.25) is 0 Å². The first kappa shape index (κ1) is 19.3. The third-order valence-electron chi connectivity index (χ3n) is 3.86. The van der Waals surface area contributed by atoms with Crippen LogP contribution in [-0.4, -0.2) is 34.4 Å². The second-order valence-corrected chi connectivity index (χ2v) is 6.09. The minimum atomic E-state index is -0.966. The molecule has 0 saturated carbocycles. The van der Waals surface area contributed by atoms with Crippen molar-refractivity contribution in [3.63, 3.8) is 0 Å². The van der Waals surface area contributed by atoms with Gasteiger partial charge in [0.05, 0.1) is 23.3 Å². The largest absolute Gasteiger partial charge is 0.491 e. The highest BCUT2D eigenvalue weighted by atomic mass is 16.5. The predicted molar refractivity (Wildman–Crippen MR) is 96.2 cm³/mol. The molecule has 0 fully saturated rings. The Labute approximate surface area is 152 Å². The van der Waals surface area contributed by atoms with Crippen molar-refractivity contribution in [3.8, 4) is 11.5 Å². The molecular formula is C20H22O6. The molecule has 0 aliphatic rings.